The summed E-state index contributed by atoms with van der Waals surface area (Å²) in [7, 11) is 0. The quantitative estimate of drug-likeness (QED) is 0.318. The van der Waals surface area contributed by atoms with Gasteiger partial charge in [0.2, 0.25) is 0 Å². The van der Waals surface area contributed by atoms with Crippen LogP contribution < -0.4 is 0 Å². The van der Waals surface area contributed by atoms with Crippen molar-refractivity contribution < 1.29 is 4.79 Å². The highest BCUT2D eigenvalue weighted by Crippen LogP contribution is 2.50. The molecule has 0 fully saturated rings. The highest BCUT2D eigenvalue weighted by atomic mass is 32.2. The first-order chi connectivity index (χ1) is 12.7. The summed E-state index contributed by atoms with van der Waals surface area (Å²) in [6.07, 6.45) is 4.08. The van der Waals surface area contributed by atoms with E-state index in [0.717, 1.165) is 45.5 Å². The molecule has 1 aliphatic rings. The average molecular weight is 381 g/mol. The lowest BCUT2D eigenvalue weighted by atomic mass is 9.75. The van der Waals surface area contributed by atoms with E-state index in [1.54, 1.807) is 23.1 Å². The van der Waals surface area contributed by atoms with Crippen LogP contribution in [0.3, 0.4) is 0 Å². The van der Waals surface area contributed by atoms with Crippen LogP contribution in [0.1, 0.15) is 35.4 Å². The van der Waals surface area contributed by atoms with Gasteiger partial charge in [-0.15, -0.1) is 10.2 Å². The van der Waals surface area contributed by atoms with E-state index in [4.69, 9.17) is 0 Å². The number of benzene rings is 2. The maximum Gasteiger partial charge on any atom is 0.174 e. The van der Waals surface area contributed by atoms with Crippen LogP contribution in [0.25, 0.3) is 11.1 Å². The molecule has 0 saturated carbocycles. The summed E-state index contributed by atoms with van der Waals surface area (Å²) in [5.41, 5.74) is 4.21. The highest BCUT2D eigenvalue weighted by Gasteiger charge is 2.42. The zero-order valence-electron chi connectivity index (χ0n) is 14.6. The Balaban J connectivity index is 1.49. The molecule has 0 unspecified atom stereocenters. The third-order valence-electron chi connectivity index (χ3n) is 5.01. The minimum Gasteiger partial charge on any atom is -0.302 e. The number of unbranched alkanes of at least 4 members (excludes halogenated alkanes) is 1. The van der Waals surface area contributed by atoms with Crippen molar-refractivity contribution in [3.63, 3.8) is 0 Å². The Bertz CT molecular complexity index is 890. The number of rotatable bonds is 7. The van der Waals surface area contributed by atoms with Crippen LogP contribution in [-0.2, 0) is 10.2 Å². The van der Waals surface area contributed by atoms with Gasteiger partial charge in [0.05, 0.1) is 5.41 Å². The summed E-state index contributed by atoms with van der Waals surface area (Å²) in [6, 6.07) is 16.7. The second kappa shape index (κ2) is 7.33. The second-order valence-corrected chi connectivity index (χ2v) is 9.10. The number of fused-ring (bicyclic) bond motifs is 3. The standard InChI is InChI=1S/C21H20N2OS2/c1-15-22-23-20(26-15)25-13-7-6-12-21(14-24)18-10-4-2-8-16(18)17-9-3-5-11-19(17)21/h2-5,8-11,14H,6-7,12-13H2,1H3. The first-order valence-electron chi connectivity index (χ1n) is 8.83. The molecule has 3 aromatic rings. The molecule has 132 valence electrons. The predicted molar refractivity (Wildman–Crippen MR) is 108 cm³/mol. The highest BCUT2D eigenvalue weighted by molar-refractivity contribution is 8.01. The van der Waals surface area contributed by atoms with Gasteiger partial charge in [-0.25, -0.2) is 0 Å². The number of aryl methyl sites for hydroxylation is 1. The van der Waals surface area contributed by atoms with Crippen LogP contribution in [-0.4, -0.2) is 22.2 Å². The van der Waals surface area contributed by atoms with Gasteiger partial charge >= 0.3 is 0 Å². The number of aromatic nitrogens is 2. The zero-order valence-corrected chi connectivity index (χ0v) is 16.3. The van der Waals surface area contributed by atoms with Crippen molar-refractivity contribution in [2.75, 3.05) is 5.75 Å². The van der Waals surface area contributed by atoms with Gasteiger partial charge in [0.25, 0.3) is 0 Å². The molecule has 1 heterocycles. The third-order valence-corrected chi connectivity index (χ3v) is 7.06. The van der Waals surface area contributed by atoms with Crippen LogP contribution >= 0.6 is 23.1 Å². The molecule has 4 rings (SSSR count). The molecule has 0 radical (unpaired) electrons. The van der Waals surface area contributed by atoms with Crippen molar-refractivity contribution in [1.29, 1.82) is 0 Å². The van der Waals surface area contributed by atoms with Gasteiger partial charge in [-0.1, -0.05) is 78.1 Å². The summed E-state index contributed by atoms with van der Waals surface area (Å²) in [5, 5.41) is 9.22. The van der Waals surface area contributed by atoms with Crippen LogP contribution in [0.4, 0.5) is 0 Å². The van der Waals surface area contributed by atoms with E-state index in [9.17, 15) is 4.79 Å². The van der Waals surface area contributed by atoms with Gasteiger partial charge in [-0.3, -0.25) is 0 Å². The van der Waals surface area contributed by atoms with Crippen LogP contribution in [0.15, 0.2) is 52.9 Å². The molecule has 0 amide bonds. The number of carbonyl (C=O) groups excluding carboxylic acids is 1. The monoisotopic (exact) mass is 380 g/mol. The van der Waals surface area contributed by atoms with Crippen LogP contribution in [0, 0.1) is 6.92 Å². The normalized spacial score (nSPS) is 14.0. The average Bonchev–Trinajstić information content (AvgIpc) is 3.22. The maximum absolute atomic E-state index is 12.3. The molecule has 1 aliphatic carbocycles. The van der Waals surface area contributed by atoms with E-state index in [-0.39, 0.29) is 0 Å². The summed E-state index contributed by atoms with van der Waals surface area (Å²) in [4.78, 5) is 12.3. The largest absolute Gasteiger partial charge is 0.302 e. The molecular formula is C21H20N2OS2. The first kappa shape index (κ1) is 17.4. The molecule has 3 nitrogen and oxygen atoms in total. The van der Waals surface area contributed by atoms with Crippen molar-refractivity contribution >= 4 is 29.4 Å². The summed E-state index contributed by atoms with van der Waals surface area (Å²) in [5.74, 6) is 1.01. The Hall–Kier alpha value is -1.98. The third kappa shape index (κ3) is 2.99. The number of aldehydes is 1. The van der Waals surface area contributed by atoms with Crippen molar-refractivity contribution in [3.05, 3.63) is 64.7 Å². The summed E-state index contributed by atoms with van der Waals surface area (Å²) in [6.45, 7) is 1.98. The van der Waals surface area contributed by atoms with E-state index < -0.39 is 5.41 Å². The Morgan fingerprint density at radius 2 is 1.65 bits per heavy atom. The molecule has 26 heavy (non-hydrogen) atoms. The number of hydrogen-bond acceptors (Lipinski definition) is 5. The van der Waals surface area contributed by atoms with Gasteiger partial charge in [0.15, 0.2) is 4.34 Å². The summed E-state index contributed by atoms with van der Waals surface area (Å²) >= 11 is 3.40. The number of carbonyl (C=O) groups is 1. The van der Waals surface area contributed by atoms with Gasteiger partial charge in [-0.05, 0) is 42.0 Å². The molecule has 0 N–H and O–H groups in total. The van der Waals surface area contributed by atoms with Crippen molar-refractivity contribution in [1.82, 2.24) is 10.2 Å². The first-order valence-corrected chi connectivity index (χ1v) is 10.6. The van der Waals surface area contributed by atoms with Gasteiger partial charge < -0.3 is 4.79 Å². The summed E-state index contributed by atoms with van der Waals surface area (Å²) < 4.78 is 1.03. The molecule has 0 aliphatic heterocycles. The minimum atomic E-state index is -0.503. The van der Waals surface area contributed by atoms with E-state index in [2.05, 4.69) is 46.6 Å². The van der Waals surface area contributed by atoms with Crippen LogP contribution in [0.2, 0.25) is 0 Å². The number of thioether (sulfide) groups is 1. The fraction of sp³-hybridized carbons (Fsp3) is 0.286. The van der Waals surface area contributed by atoms with Gasteiger partial charge in [0.1, 0.15) is 11.3 Å². The van der Waals surface area contributed by atoms with E-state index in [1.165, 1.54) is 17.4 Å². The molecule has 0 spiro atoms. The molecule has 5 heteroatoms. The Morgan fingerprint density at radius 1 is 1.00 bits per heavy atom. The Morgan fingerprint density at radius 3 is 2.23 bits per heavy atom. The van der Waals surface area contributed by atoms with Crippen LogP contribution in [0.5, 0.6) is 0 Å². The Kier molecular flexibility index (Phi) is 4.92. The lowest BCUT2D eigenvalue weighted by molar-refractivity contribution is -0.111. The van der Waals surface area contributed by atoms with Gasteiger partial charge in [0, 0.05) is 5.75 Å². The Labute approximate surface area is 161 Å². The molecular weight excluding hydrogens is 360 g/mol. The molecule has 2 aromatic carbocycles. The van der Waals surface area contributed by atoms with E-state index >= 15 is 0 Å². The molecule has 0 atom stereocenters. The lowest BCUT2D eigenvalue weighted by Gasteiger charge is -2.25. The van der Waals surface area contributed by atoms with Crippen molar-refractivity contribution in [2.45, 2.75) is 35.9 Å². The fourth-order valence-corrected chi connectivity index (χ4v) is 5.70. The second-order valence-electron chi connectivity index (χ2n) is 6.57. The predicted octanol–water partition coefficient (Wildman–Crippen LogP) is 5.27. The fourth-order valence-electron chi connectivity index (χ4n) is 3.82. The lowest BCUT2D eigenvalue weighted by Crippen LogP contribution is -2.27. The van der Waals surface area contributed by atoms with E-state index in [0.29, 0.717) is 0 Å². The number of hydrogen-bond donors (Lipinski definition) is 0. The topological polar surface area (TPSA) is 42.9 Å². The zero-order chi connectivity index (χ0) is 18.0. The molecule has 1 aromatic heterocycles. The number of nitrogens with zero attached hydrogens (tertiary/aromatic N) is 2. The maximum atomic E-state index is 12.3. The van der Waals surface area contributed by atoms with Crippen molar-refractivity contribution in [3.8, 4) is 11.1 Å². The molecule has 0 bridgehead atoms. The van der Waals surface area contributed by atoms with E-state index in [1.807, 2.05) is 19.1 Å². The SMILES string of the molecule is Cc1nnc(SCCCCC2(C=O)c3ccccc3-c3ccccc32)s1. The molecule has 0 saturated heterocycles. The van der Waals surface area contributed by atoms with Gasteiger partial charge in [-0.2, -0.15) is 0 Å². The minimum absolute atomic E-state index is 0.503. The van der Waals surface area contributed by atoms with Crippen molar-refractivity contribution in [2.24, 2.45) is 0 Å². The smallest absolute Gasteiger partial charge is 0.174 e.